The third-order valence-electron chi connectivity index (χ3n) is 0.298. The number of allylic oxidation sites excluding steroid dienone is 2. The Morgan fingerprint density at radius 1 is 1.44 bits per heavy atom. The Labute approximate surface area is 63.7 Å². The van der Waals surface area contributed by atoms with E-state index in [4.69, 9.17) is 11.6 Å². The van der Waals surface area contributed by atoms with Crippen molar-refractivity contribution in [3.63, 3.8) is 0 Å². The summed E-state index contributed by atoms with van der Waals surface area (Å²) in [4.78, 5) is 9.72. The van der Waals surface area contributed by atoms with Crippen LogP contribution in [0.25, 0.3) is 0 Å². The van der Waals surface area contributed by atoms with Gasteiger partial charge in [-0.05, 0) is 24.6 Å². The van der Waals surface area contributed by atoms with Gasteiger partial charge in [-0.1, -0.05) is 19.9 Å². The molecule has 0 aliphatic carbocycles. The van der Waals surface area contributed by atoms with Gasteiger partial charge in [-0.3, -0.25) is 4.79 Å². The van der Waals surface area contributed by atoms with Gasteiger partial charge in [0.1, 0.15) is 0 Å². The fraction of sp³-hybridized carbons (Fsp3) is 0.500. The Morgan fingerprint density at radius 3 is 1.78 bits per heavy atom. The van der Waals surface area contributed by atoms with Gasteiger partial charge in [0.05, 0.1) is 0 Å². The molecule has 0 atom stereocenters. The van der Waals surface area contributed by atoms with Crippen molar-refractivity contribution in [2.24, 2.45) is 0 Å². The molecule has 0 aromatic rings. The molecule has 0 aliphatic rings. The number of carbonyl (C=O) groups excluding carboxylic acids is 1. The summed E-state index contributed by atoms with van der Waals surface area (Å²) in [6, 6.07) is 0. The topological polar surface area (TPSA) is 17.1 Å². The van der Waals surface area contributed by atoms with Crippen LogP contribution in [-0.4, -0.2) is 13.7 Å². The molecule has 3 radical (unpaired) electrons. The lowest BCUT2D eigenvalue weighted by Crippen LogP contribution is -1.70. The molecule has 0 rings (SSSR count). The van der Waals surface area contributed by atoms with E-state index in [1.165, 1.54) is 6.08 Å². The highest BCUT2D eigenvalue weighted by Crippen LogP contribution is 1.78. The Morgan fingerprint density at radius 2 is 1.78 bits per heavy atom. The van der Waals surface area contributed by atoms with Crippen LogP contribution in [-0.2, 0) is 4.79 Å². The molecular weight excluding hydrogens is 134 g/mol. The van der Waals surface area contributed by atoms with E-state index >= 15 is 0 Å². The number of carbonyl (C=O) groups is 1. The molecule has 0 fully saturated rings. The van der Waals surface area contributed by atoms with Gasteiger partial charge in [0, 0.05) is 8.41 Å². The number of halogens is 1. The second-order valence-electron chi connectivity index (χ2n) is 0.804. The molecule has 0 bridgehead atoms. The first kappa shape index (κ1) is 15.9. The Kier molecular flexibility index (Phi) is 27.7. The molecule has 1 nitrogen and oxygen atoms in total. The average molecular weight is 145 g/mol. The van der Waals surface area contributed by atoms with Crippen LogP contribution < -0.4 is 0 Å². The van der Waals surface area contributed by atoms with Gasteiger partial charge in [-0.25, -0.2) is 0 Å². The summed E-state index contributed by atoms with van der Waals surface area (Å²) in [5.74, 6) is 0. The molecule has 0 saturated carbocycles. The van der Waals surface area contributed by atoms with E-state index < -0.39 is 5.24 Å². The second kappa shape index (κ2) is 15.7. The van der Waals surface area contributed by atoms with Crippen LogP contribution in [0.5, 0.6) is 0 Å². The van der Waals surface area contributed by atoms with Crippen LogP contribution in [0.2, 0.25) is 0 Å². The highest BCUT2D eigenvalue weighted by molar-refractivity contribution is 6.66. The fourth-order valence-corrected chi connectivity index (χ4v) is 0.257. The van der Waals surface area contributed by atoms with E-state index in [0.717, 1.165) is 0 Å². The summed E-state index contributed by atoms with van der Waals surface area (Å²) in [5, 5.41) is -0.419. The normalized spacial score (nSPS) is 7.11. The molecule has 51 valence electrons. The molecule has 0 spiro atoms. The lowest BCUT2D eigenvalue weighted by molar-refractivity contribution is -0.107. The minimum absolute atomic E-state index is 0. The van der Waals surface area contributed by atoms with Gasteiger partial charge >= 0.3 is 0 Å². The minimum Gasteiger partial charge on any atom is -0.276 e. The van der Waals surface area contributed by atoms with Crippen LogP contribution in [0.1, 0.15) is 20.8 Å². The van der Waals surface area contributed by atoms with Crippen molar-refractivity contribution in [2.45, 2.75) is 20.8 Å². The molecular formula is C6H11BClO. The zero-order valence-electron chi connectivity index (χ0n) is 6.02. The average Bonchev–Trinajstić information content (AvgIpc) is 1.72. The van der Waals surface area contributed by atoms with E-state index in [-0.39, 0.29) is 8.41 Å². The van der Waals surface area contributed by atoms with Crippen LogP contribution >= 0.6 is 11.6 Å². The van der Waals surface area contributed by atoms with Crippen LogP contribution in [0, 0.1) is 0 Å². The first-order chi connectivity index (χ1) is 3.77. The molecule has 0 aliphatic heterocycles. The summed E-state index contributed by atoms with van der Waals surface area (Å²) < 4.78 is 0. The molecule has 3 heteroatoms. The molecule has 0 N–H and O–H groups in total. The van der Waals surface area contributed by atoms with E-state index in [1.807, 2.05) is 13.8 Å². The Balaban J connectivity index is -0.000000109. The van der Waals surface area contributed by atoms with E-state index in [9.17, 15) is 4.79 Å². The Bertz CT molecular complexity index is 81.1. The highest BCUT2D eigenvalue weighted by Gasteiger charge is 1.77. The number of rotatable bonds is 1. The number of hydrogen-bond donors (Lipinski definition) is 0. The molecule has 0 aromatic heterocycles. The lowest BCUT2D eigenvalue weighted by atomic mass is 10.6. The van der Waals surface area contributed by atoms with E-state index in [1.54, 1.807) is 13.0 Å². The zero-order valence-corrected chi connectivity index (χ0v) is 6.77. The lowest BCUT2D eigenvalue weighted by Gasteiger charge is -1.65. The first-order valence-electron chi connectivity index (χ1n) is 2.59. The third kappa shape index (κ3) is 33.8. The smallest absolute Gasteiger partial charge is 0.244 e. The van der Waals surface area contributed by atoms with Crippen LogP contribution in [0.15, 0.2) is 12.2 Å². The molecule has 9 heavy (non-hydrogen) atoms. The predicted molar refractivity (Wildman–Crippen MR) is 42.8 cm³/mol. The van der Waals surface area contributed by atoms with Gasteiger partial charge < -0.3 is 0 Å². The fourth-order valence-electron chi connectivity index (χ4n) is 0.131. The summed E-state index contributed by atoms with van der Waals surface area (Å²) in [6.07, 6.45) is 2.89. The molecule has 0 unspecified atom stereocenters. The van der Waals surface area contributed by atoms with Crippen LogP contribution in [0.4, 0.5) is 0 Å². The van der Waals surface area contributed by atoms with Gasteiger partial charge in [0.2, 0.25) is 5.24 Å². The second-order valence-corrected chi connectivity index (χ2v) is 1.18. The summed E-state index contributed by atoms with van der Waals surface area (Å²) in [5.41, 5.74) is 0. The maximum absolute atomic E-state index is 9.72. The van der Waals surface area contributed by atoms with Gasteiger partial charge in [-0.15, -0.1) is 0 Å². The largest absolute Gasteiger partial charge is 0.276 e. The third-order valence-corrected chi connectivity index (χ3v) is 0.424. The molecule has 0 amide bonds. The van der Waals surface area contributed by atoms with Crippen molar-refractivity contribution in [3.05, 3.63) is 12.2 Å². The maximum Gasteiger partial charge on any atom is 0.244 e. The van der Waals surface area contributed by atoms with Crippen molar-refractivity contribution in [3.8, 4) is 0 Å². The predicted octanol–water partition coefficient (Wildman–Crippen LogP) is 1.97. The van der Waals surface area contributed by atoms with E-state index in [2.05, 4.69) is 0 Å². The van der Waals surface area contributed by atoms with Gasteiger partial charge in [0.15, 0.2) is 0 Å². The van der Waals surface area contributed by atoms with Gasteiger partial charge in [-0.2, -0.15) is 0 Å². The van der Waals surface area contributed by atoms with Crippen molar-refractivity contribution < 1.29 is 4.79 Å². The quantitative estimate of drug-likeness (QED) is 0.313. The standard InChI is InChI=1S/C4H5ClO.C2H6.B/c1-2-3-4(5)6;1-2;/h2-3H,1H3;1-2H3;. The zero-order chi connectivity index (χ0) is 6.99. The SMILES string of the molecule is CC.CC=CC(=O)Cl.[B]. The molecule has 0 heterocycles. The molecule has 0 aromatic carbocycles. The van der Waals surface area contributed by atoms with Crippen molar-refractivity contribution in [1.82, 2.24) is 0 Å². The first-order valence-corrected chi connectivity index (χ1v) is 2.97. The van der Waals surface area contributed by atoms with Crippen molar-refractivity contribution >= 4 is 25.3 Å². The van der Waals surface area contributed by atoms with Gasteiger partial charge in [0.25, 0.3) is 0 Å². The summed E-state index contributed by atoms with van der Waals surface area (Å²) in [6.45, 7) is 5.74. The highest BCUT2D eigenvalue weighted by atomic mass is 35.5. The minimum atomic E-state index is -0.419. The van der Waals surface area contributed by atoms with Crippen LogP contribution in [0.3, 0.4) is 0 Å². The Hall–Kier alpha value is -0.235. The van der Waals surface area contributed by atoms with Crippen molar-refractivity contribution in [2.75, 3.05) is 0 Å². The van der Waals surface area contributed by atoms with Crippen molar-refractivity contribution in [1.29, 1.82) is 0 Å². The number of hydrogen-bond acceptors (Lipinski definition) is 1. The summed E-state index contributed by atoms with van der Waals surface area (Å²) in [7, 11) is 0. The van der Waals surface area contributed by atoms with E-state index in [0.29, 0.717) is 0 Å². The maximum atomic E-state index is 9.72. The molecule has 0 saturated heterocycles. The summed E-state index contributed by atoms with van der Waals surface area (Å²) >= 11 is 4.85. The monoisotopic (exact) mass is 145 g/mol.